The molecule has 1 aromatic heterocycles. The van der Waals surface area contributed by atoms with Gasteiger partial charge in [-0.25, -0.2) is 4.98 Å². The lowest BCUT2D eigenvalue weighted by atomic mass is 10.1. The zero-order valence-corrected chi connectivity index (χ0v) is 13.7. The lowest BCUT2D eigenvalue weighted by Gasteiger charge is -2.15. The van der Waals surface area contributed by atoms with Crippen LogP contribution in [0.25, 0.3) is 0 Å². The molecule has 0 aliphatic heterocycles. The summed E-state index contributed by atoms with van der Waals surface area (Å²) in [6, 6.07) is 10.7. The van der Waals surface area contributed by atoms with E-state index in [1.165, 1.54) is 11.8 Å². The number of rotatable bonds is 5. The third-order valence-corrected chi connectivity index (χ3v) is 4.30. The van der Waals surface area contributed by atoms with E-state index in [1.807, 2.05) is 31.2 Å². The first-order valence-corrected chi connectivity index (χ1v) is 8.08. The van der Waals surface area contributed by atoms with Crippen molar-refractivity contribution in [2.45, 2.75) is 18.0 Å². The van der Waals surface area contributed by atoms with Gasteiger partial charge in [-0.1, -0.05) is 47.1 Å². The van der Waals surface area contributed by atoms with Gasteiger partial charge < -0.3 is 5.32 Å². The van der Waals surface area contributed by atoms with Crippen molar-refractivity contribution in [1.82, 2.24) is 10.3 Å². The summed E-state index contributed by atoms with van der Waals surface area (Å²) in [5.74, 6) is 0.246. The van der Waals surface area contributed by atoms with E-state index in [0.29, 0.717) is 15.8 Å². The number of hydrogen-bond donors (Lipinski definition) is 1. The van der Waals surface area contributed by atoms with Crippen molar-refractivity contribution in [3.8, 4) is 0 Å². The number of hydrogen-bond acceptors (Lipinski definition) is 3. The Morgan fingerprint density at radius 3 is 2.81 bits per heavy atom. The summed E-state index contributed by atoms with van der Waals surface area (Å²) in [6.07, 6.45) is 1.70. The average molecular weight is 341 g/mol. The maximum atomic E-state index is 11.9. The van der Waals surface area contributed by atoms with Gasteiger partial charge in [0.1, 0.15) is 0 Å². The minimum absolute atomic E-state index is 0.0656. The maximum Gasteiger partial charge on any atom is 0.230 e. The van der Waals surface area contributed by atoms with Gasteiger partial charge in [-0.15, -0.1) is 0 Å². The van der Waals surface area contributed by atoms with Crippen LogP contribution in [-0.4, -0.2) is 16.6 Å². The summed E-state index contributed by atoms with van der Waals surface area (Å²) in [5.41, 5.74) is 0.845. The number of amides is 1. The first kappa shape index (κ1) is 16.1. The molecule has 1 heterocycles. The van der Waals surface area contributed by atoms with Crippen LogP contribution in [0, 0.1) is 0 Å². The van der Waals surface area contributed by atoms with Gasteiger partial charge >= 0.3 is 0 Å². The first-order chi connectivity index (χ1) is 10.1. The molecule has 1 N–H and O–H groups in total. The molecule has 2 aromatic rings. The molecule has 3 nitrogen and oxygen atoms in total. The van der Waals surface area contributed by atoms with E-state index < -0.39 is 0 Å². The smallest absolute Gasteiger partial charge is 0.230 e. The Morgan fingerprint density at radius 2 is 2.14 bits per heavy atom. The van der Waals surface area contributed by atoms with Crippen molar-refractivity contribution in [2.24, 2.45) is 0 Å². The van der Waals surface area contributed by atoms with E-state index in [1.54, 1.807) is 18.3 Å². The summed E-state index contributed by atoms with van der Waals surface area (Å²) in [6.45, 7) is 1.89. The Kier molecular flexibility index (Phi) is 5.91. The van der Waals surface area contributed by atoms with Gasteiger partial charge in [0.15, 0.2) is 0 Å². The van der Waals surface area contributed by atoms with Gasteiger partial charge in [0.25, 0.3) is 0 Å². The number of nitrogens with one attached hydrogen (secondary N) is 1. The van der Waals surface area contributed by atoms with E-state index in [4.69, 9.17) is 23.2 Å². The number of aromatic nitrogens is 1. The largest absolute Gasteiger partial charge is 0.349 e. The first-order valence-electron chi connectivity index (χ1n) is 6.34. The number of benzene rings is 1. The molecule has 1 amide bonds. The zero-order chi connectivity index (χ0) is 15.2. The standard InChI is InChI=1S/C15H14Cl2N2OS/c1-10(12-6-5-11(16)8-13(12)17)19-14(20)9-21-15-4-2-3-7-18-15/h2-8,10H,9H2,1H3,(H,19,20)/t10-/m0/s1. The summed E-state index contributed by atoms with van der Waals surface area (Å²) >= 11 is 13.4. The molecule has 0 aliphatic rings. The fourth-order valence-corrected chi connectivity index (χ4v) is 3.03. The van der Waals surface area contributed by atoms with Gasteiger partial charge in [0.2, 0.25) is 5.91 Å². The van der Waals surface area contributed by atoms with E-state index in [0.717, 1.165) is 10.6 Å². The van der Waals surface area contributed by atoms with Crippen molar-refractivity contribution in [3.63, 3.8) is 0 Å². The third-order valence-electron chi connectivity index (χ3n) is 2.80. The molecule has 0 saturated heterocycles. The molecule has 1 atom stereocenters. The monoisotopic (exact) mass is 340 g/mol. The van der Waals surface area contributed by atoms with Crippen molar-refractivity contribution < 1.29 is 4.79 Å². The second-order valence-corrected chi connectivity index (χ2v) is 6.25. The number of carbonyl (C=O) groups excluding carboxylic acids is 1. The molecule has 110 valence electrons. The number of pyridine rings is 1. The van der Waals surface area contributed by atoms with Crippen molar-refractivity contribution >= 4 is 40.9 Å². The Morgan fingerprint density at radius 1 is 1.33 bits per heavy atom. The lowest BCUT2D eigenvalue weighted by Crippen LogP contribution is -2.28. The molecule has 0 radical (unpaired) electrons. The summed E-state index contributed by atoms with van der Waals surface area (Å²) in [7, 11) is 0. The maximum absolute atomic E-state index is 11.9. The molecular formula is C15H14Cl2N2OS. The van der Waals surface area contributed by atoms with Crippen LogP contribution in [0.1, 0.15) is 18.5 Å². The lowest BCUT2D eigenvalue weighted by molar-refractivity contribution is -0.119. The van der Waals surface area contributed by atoms with Crippen LogP contribution in [0.4, 0.5) is 0 Å². The number of nitrogens with zero attached hydrogens (tertiary/aromatic N) is 1. The molecule has 0 unspecified atom stereocenters. The van der Waals surface area contributed by atoms with Gasteiger partial charge in [0.05, 0.1) is 16.8 Å². The van der Waals surface area contributed by atoms with Crippen molar-refractivity contribution in [2.75, 3.05) is 5.75 Å². The third kappa shape index (κ3) is 4.92. The van der Waals surface area contributed by atoms with E-state index >= 15 is 0 Å². The minimum atomic E-state index is -0.174. The predicted octanol–water partition coefficient (Wildman–Crippen LogP) is 4.36. The van der Waals surface area contributed by atoms with Crippen LogP contribution in [-0.2, 0) is 4.79 Å². The van der Waals surface area contributed by atoms with Gasteiger partial charge in [-0.2, -0.15) is 0 Å². The van der Waals surface area contributed by atoms with Crippen LogP contribution in [0.2, 0.25) is 10.0 Å². The zero-order valence-electron chi connectivity index (χ0n) is 11.3. The number of halogens is 2. The fraction of sp³-hybridized carbons (Fsp3) is 0.200. The Balaban J connectivity index is 1.90. The minimum Gasteiger partial charge on any atom is -0.349 e. The molecule has 21 heavy (non-hydrogen) atoms. The predicted molar refractivity (Wildman–Crippen MR) is 88.0 cm³/mol. The van der Waals surface area contributed by atoms with Crippen LogP contribution in [0.15, 0.2) is 47.6 Å². The molecule has 2 rings (SSSR count). The molecular weight excluding hydrogens is 327 g/mol. The summed E-state index contributed by atoms with van der Waals surface area (Å²) in [5, 5.41) is 4.86. The molecule has 0 spiro atoms. The number of carbonyl (C=O) groups is 1. The molecule has 0 aliphatic carbocycles. The quantitative estimate of drug-likeness (QED) is 0.822. The Bertz CT molecular complexity index is 622. The Labute approximate surface area is 138 Å². The van der Waals surface area contributed by atoms with Crippen molar-refractivity contribution in [3.05, 3.63) is 58.2 Å². The highest BCUT2D eigenvalue weighted by molar-refractivity contribution is 7.99. The van der Waals surface area contributed by atoms with E-state index in [2.05, 4.69) is 10.3 Å². The molecule has 0 saturated carbocycles. The highest BCUT2D eigenvalue weighted by Crippen LogP contribution is 2.26. The second kappa shape index (κ2) is 7.69. The molecule has 6 heteroatoms. The topological polar surface area (TPSA) is 42.0 Å². The highest BCUT2D eigenvalue weighted by Gasteiger charge is 2.13. The summed E-state index contributed by atoms with van der Waals surface area (Å²) in [4.78, 5) is 16.1. The highest BCUT2D eigenvalue weighted by atomic mass is 35.5. The Hall–Kier alpha value is -1.23. The second-order valence-electron chi connectivity index (χ2n) is 4.41. The van der Waals surface area contributed by atoms with Crippen LogP contribution >= 0.6 is 35.0 Å². The van der Waals surface area contributed by atoms with Gasteiger partial charge in [-0.05, 0) is 36.8 Å². The molecule has 0 fully saturated rings. The number of thioether (sulfide) groups is 1. The van der Waals surface area contributed by atoms with Crippen LogP contribution < -0.4 is 5.32 Å². The van der Waals surface area contributed by atoms with Gasteiger partial charge in [-0.3, -0.25) is 4.79 Å². The van der Waals surface area contributed by atoms with Gasteiger partial charge in [0, 0.05) is 16.2 Å². The fourth-order valence-electron chi connectivity index (χ4n) is 1.79. The van der Waals surface area contributed by atoms with E-state index in [-0.39, 0.29) is 11.9 Å². The molecule has 1 aromatic carbocycles. The normalized spacial score (nSPS) is 12.0. The van der Waals surface area contributed by atoms with Crippen LogP contribution in [0.3, 0.4) is 0 Å². The van der Waals surface area contributed by atoms with Crippen molar-refractivity contribution in [1.29, 1.82) is 0 Å². The molecule has 0 bridgehead atoms. The van der Waals surface area contributed by atoms with Crippen LogP contribution in [0.5, 0.6) is 0 Å². The SMILES string of the molecule is C[C@H](NC(=O)CSc1ccccn1)c1ccc(Cl)cc1Cl. The van der Waals surface area contributed by atoms with E-state index in [9.17, 15) is 4.79 Å². The summed E-state index contributed by atoms with van der Waals surface area (Å²) < 4.78 is 0. The average Bonchev–Trinajstić information content (AvgIpc) is 2.46.